The minimum absolute atomic E-state index is 0.00756. The predicted molar refractivity (Wildman–Crippen MR) is 120 cm³/mol. The molecule has 4 aromatic rings. The highest BCUT2D eigenvalue weighted by molar-refractivity contribution is 5.99. The Morgan fingerprint density at radius 1 is 1.12 bits per heavy atom. The smallest absolute Gasteiger partial charge is 0.167 e. The monoisotopic (exact) mass is 431 g/mol. The molecule has 0 fully saturated rings. The van der Waals surface area contributed by atoms with Gasteiger partial charge in [-0.1, -0.05) is 19.9 Å². The molecule has 0 saturated carbocycles. The van der Waals surface area contributed by atoms with Gasteiger partial charge in [-0.15, -0.1) is 0 Å². The van der Waals surface area contributed by atoms with Gasteiger partial charge in [-0.05, 0) is 35.7 Å². The Balaban J connectivity index is 1.72. The van der Waals surface area contributed by atoms with Gasteiger partial charge in [0.05, 0.1) is 43.0 Å². The van der Waals surface area contributed by atoms with E-state index in [9.17, 15) is 4.79 Å². The molecule has 0 unspecified atom stereocenters. The summed E-state index contributed by atoms with van der Waals surface area (Å²) < 4.78 is 18.4. The first-order valence-corrected chi connectivity index (χ1v) is 10.7. The molecule has 7 nitrogen and oxygen atoms in total. The zero-order valence-corrected chi connectivity index (χ0v) is 18.6. The van der Waals surface area contributed by atoms with Gasteiger partial charge in [0.15, 0.2) is 22.9 Å². The first-order valence-electron chi connectivity index (χ1n) is 10.7. The summed E-state index contributed by atoms with van der Waals surface area (Å²) in [5, 5.41) is 4.95. The molecular weight excluding hydrogens is 406 g/mol. The highest BCUT2D eigenvalue weighted by atomic mass is 16.5. The number of benzene rings is 1. The lowest BCUT2D eigenvalue weighted by Crippen LogP contribution is -2.22. The number of carbonyl (C=O) groups is 1. The van der Waals surface area contributed by atoms with E-state index in [2.05, 4.69) is 13.8 Å². The van der Waals surface area contributed by atoms with E-state index < -0.39 is 0 Å². The third-order valence-corrected chi connectivity index (χ3v) is 6.11. The molecule has 0 saturated heterocycles. The van der Waals surface area contributed by atoms with Crippen molar-refractivity contribution in [2.75, 3.05) is 14.2 Å². The van der Waals surface area contributed by atoms with Crippen molar-refractivity contribution >= 4 is 11.4 Å². The first-order chi connectivity index (χ1) is 15.5. The van der Waals surface area contributed by atoms with E-state index in [1.807, 2.05) is 34.8 Å². The number of hydrogen-bond acceptors (Lipinski definition) is 6. The second-order valence-corrected chi connectivity index (χ2v) is 8.38. The highest BCUT2D eigenvalue weighted by Gasteiger charge is 2.32. The summed E-state index contributed by atoms with van der Waals surface area (Å²) in [7, 11) is 3.24. The first kappa shape index (κ1) is 20.3. The van der Waals surface area contributed by atoms with Gasteiger partial charge < -0.3 is 13.9 Å². The molecule has 0 N–H and O–H groups in total. The topological polar surface area (TPSA) is 78.9 Å². The van der Waals surface area contributed by atoms with Crippen molar-refractivity contribution in [2.24, 2.45) is 0 Å². The van der Waals surface area contributed by atoms with E-state index >= 15 is 0 Å². The van der Waals surface area contributed by atoms with Crippen LogP contribution >= 0.6 is 0 Å². The zero-order valence-electron chi connectivity index (χ0n) is 18.6. The van der Waals surface area contributed by atoms with Crippen LogP contribution in [-0.2, 0) is 6.42 Å². The second-order valence-electron chi connectivity index (χ2n) is 8.38. The SMILES string of the molecule is COc1ccc(-c2c(C(C)C)nn3c4c(cnc23)C(=O)C[C@@H](c2ccco2)C4)cc1OC. The van der Waals surface area contributed by atoms with Crippen molar-refractivity contribution in [1.82, 2.24) is 14.6 Å². The van der Waals surface area contributed by atoms with Gasteiger partial charge in [0.25, 0.3) is 0 Å². The maximum Gasteiger partial charge on any atom is 0.167 e. The lowest BCUT2D eigenvalue weighted by atomic mass is 9.85. The van der Waals surface area contributed by atoms with E-state index in [0.29, 0.717) is 29.9 Å². The average molecular weight is 431 g/mol. The van der Waals surface area contributed by atoms with Gasteiger partial charge in [-0.25, -0.2) is 9.50 Å². The lowest BCUT2D eigenvalue weighted by Gasteiger charge is -2.22. The Hall–Kier alpha value is -3.61. The third kappa shape index (κ3) is 3.16. The number of ether oxygens (including phenoxy) is 2. The largest absolute Gasteiger partial charge is 0.493 e. The maximum absolute atomic E-state index is 12.9. The van der Waals surface area contributed by atoms with Gasteiger partial charge in [0.1, 0.15) is 5.76 Å². The van der Waals surface area contributed by atoms with Crippen molar-refractivity contribution in [1.29, 1.82) is 0 Å². The van der Waals surface area contributed by atoms with Gasteiger partial charge >= 0.3 is 0 Å². The molecule has 164 valence electrons. The summed E-state index contributed by atoms with van der Waals surface area (Å²) in [5.41, 5.74) is 5.05. The molecular formula is C25H25N3O4. The third-order valence-electron chi connectivity index (χ3n) is 6.11. The van der Waals surface area contributed by atoms with Crippen molar-refractivity contribution in [3.8, 4) is 22.6 Å². The number of fused-ring (bicyclic) bond motifs is 3. The molecule has 1 aliphatic rings. The van der Waals surface area contributed by atoms with Crippen molar-refractivity contribution in [2.45, 2.75) is 38.5 Å². The number of aromatic nitrogens is 3. The van der Waals surface area contributed by atoms with Crippen molar-refractivity contribution in [3.05, 3.63) is 65.5 Å². The molecule has 0 amide bonds. The Bertz CT molecular complexity index is 1300. The fourth-order valence-corrected chi connectivity index (χ4v) is 4.51. The van der Waals surface area contributed by atoms with E-state index in [1.54, 1.807) is 26.7 Å². The van der Waals surface area contributed by atoms with Crippen LogP contribution in [-0.4, -0.2) is 34.6 Å². The van der Waals surface area contributed by atoms with Crippen LogP contribution in [0.5, 0.6) is 11.5 Å². The summed E-state index contributed by atoms with van der Waals surface area (Å²) in [6.07, 6.45) is 4.42. The molecule has 0 bridgehead atoms. The summed E-state index contributed by atoms with van der Waals surface area (Å²) >= 11 is 0. The molecule has 0 aliphatic heterocycles. The molecule has 3 aromatic heterocycles. The Labute approximate surface area is 186 Å². The lowest BCUT2D eigenvalue weighted by molar-refractivity contribution is 0.0958. The minimum Gasteiger partial charge on any atom is -0.493 e. The van der Waals surface area contributed by atoms with Crippen LogP contribution in [0.1, 0.15) is 59.6 Å². The molecule has 0 radical (unpaired) electrons. The number of carbonyl (C=O) groups excluding carboxylic acids is 1. The Kier molecular flexibility index (Phi) is 4.96. The van der Waals surface area contributed by atoms with Crippen LogP contribution in [0.15, 0.2) is 47.2 Å². The van der Waals surface area contributed by atoms with Crippen LogP contribution in [0.3, 0.4) is 0 Å². The summed E-state index contributed by atoms with van der Waals surface area (Å²) in [5.74, 6) is 2.35. The van der Waals surface area contributed by atoms with Crippen molar-refractivity contribution < 1.29 is 18.7 Å². The standard InChI is InChI=1S/C25H25N3O4/c1-14(2)24-23(15-7-8-21(30-3)22(12-15)31-4)25-26-13-17-18(28(25)27-24)10-16(11-19(17)29)20-6-5-9-32-20/h5-9,12-14,16H,10-11H2,1-4H3/t16-/m0/s1. The molecule has 5 rings (SSSR count). The fraction of sp³-hybridized carbons (Fsp3) is 0.320. The number of rotatable bonds is 5. The molecule has 0 spiro atoms. The van der Waals surface area contributed by atoms with Crippen LogP contribution < -0.4 is 9.47 Å². The van der Waals surface area contributed by atoms with Crippen molar-refractivity contribution in [3.63, 3.8) is 0 Å². The summed E-state index contributed by atoms with van der Waals surface area (Å²) in [4.78, 5) is 17.6. The predicted octanol–water partition coefficient (Wildman–Crippen LogP) is 5.04. The Morgan fingerprint density at radius 2 is 1.94 bits per heavy atom. The fourth-order valence-electron chi connectivity index (χ4n) is 4.51. The molecule has 1 aromatic carbocycles. The summed E-state index contributed by atoms with van der Waals surface area (Å²) in [6, 6.07) is 9.61. The van der Waals surface area contributed by atoms with Gasteiger partial charge in [-0.2, -0.15) is 5.10 Å². The average Bonchev–Trinajstić information content (AvgIpc) is 3.47. The van der Waals surface area contributed by atoms with Crippen LogP contribution in [0, 0.1) is 0 Å². The maximum atomic E-state index is 12.9. The highest BCUT2D eigenvalue weighted by Crippen LogP contribution is 2.39. The second kappa shape index (κ2) is 7.82. The van der Waals surface area contributed by atoms with Crippen LogP contribution in [0.2, 0.25) is 0 Å². The molecule has 1 atom stereocenters. The van der Waals surface area contributed by atoms with Crippen LogP contribution in [0.4, 0.5) is 0 Å². The molecule has 3 heterocycles. The van der Waals surface area contributed by atoms with E-state index in [-0.39, 0.29) is 17.6 Å². The molecule has 7 heteroatoms. The number of hydrogen-bond donors (Lipinski definition) is 0. The molecule has 1 aliphatic carbocycles. The number of furan rings is 1. The minimum atomic E-state index is -0.00756. The normalized spacial score (nSPS) is 15.9. The van der Waals surface area contributed by atoms with E-state index in [1.165, 1.54) is 0 Å². The zero-order chi connectivity index (χ0) is 22.4. The van der Waals surface area contributed by atoms with E-state index in [0.717, 1.165) is 33.9 Å². The molecule has 32 heavy (non-hydrogen) atoms. The quantitative estimate of drug-likeness (QED) is 0.440. The van der Waals surface area contributed by atoms with Crippen LogP contribution in [0.25, 0.3) is 16.8 Å². The number of Topliss-reactive ketones (excluding diaryl/α,β-unsaturated/α-hetero) is 1. The van der Waals surface area contributed by atoms with Gasteiger partial charge in [0, 0.05) is 25.0 Å². The number of methoxy groups -OCH3 is 2. The summed E-state index contributed by atoms with van der Waals surface area (Å²) in [6.45, 7) is 4.21. The number of ketones is 1. The van der Waals surface area contributed by atoms with E-state index in [4.69, 9.17) is 24.0 Å². The number of nitrogens with zero attached hydrogens (tertiary/aromatic N) is 3. The Morgan fingerprint density at radius 3 is 2.62 bits per heavy atom. The van der Waals surface area contributed by atoms with Gasteiger partial charge in [0.2, 0.25) is 0 Å². The van der Waals surface area contributed by atoms with Gasteiger partial charge in [-0.3, -0.25) is 4.79 Å².